The van der Waals surface area contributed by atoms with E-state index in [0.717, 1.165) is 22.7 Å². The lowest BCUT2D eigenvalue weighted by molar-refractivity contribution is 0.0981. The third kappa shape index (κ3) is 3.08. The number of carbonyl (C=O) groups excluding carboxylic acids is 1. The fourth-order valence-corrected chi connectivity index (χ4v) is 2.29. The van der Waals surface area contributed by atoms with Gasteiger partial charge >= 0.3 is 0 Å². The molecule has 0 atom stereocenters. The highest BCUT2D eigenvalue weighted by molar-refractivity contribution is 7.89. The van der Waals surface area contributed by atoms with Crippen LogP contribution in [0.1, 0.15) is 21.6 Å². The van der Waals surface area contributed by atoms with Crippen molar-refractivity contribution in [2.75, 3.05) is 6.26 Å². The summed E-state index contributed by atoms with van der Waals surface area (Å²) in [6.07, 6.45) is 0.943. The highest BCUT2D eigenvalue weighted by Gasteiger charge is 2.15. The van der Waals surface area contributed by atoms with Crippen molar-refractivity contribution >= 4 is 26.8 Å². The van der Waals surface area contributed by atoms with Crippen molar-refractivity contribution in [1.29, 1.82) is 0 Å². The first kappa shape index (κ1) is 13.5. The SMILES string of the molecule is Cc1ccc2nc(C)c(C(=O)NS(C)(=O)=O)cc2c1. The average Bonchev–Trinajstić information content (AvgIpc) is 2.26. The van der Waals surface area contributed by atoms with E-state index < -0.39 is 15.9 Å². The zero-order valence-corrected chi connectivity index (χ0v) is 11.7. The van der Waals surface area contributed by atoms with Crippen LogP contribution in [0.25, 0.3) is 10.9 Å². The molecule has 1 amide bonds. The monoisotopic (exact) mass is 278 g/mol. The molecule has 0 aliphatic rings. The number of nitrogens with zero attached hydrogens (tertiary/aromatic N) is 1. The number of rotatable bonds is 2. The molecule has 2 aromatic rings. The second kappa shape index (κ2) is 4.62. The second-order valence-electron chi connectivity index (χ2n) is 4.52. The number of fused-ring (bicyclic) bond motifs is 1. The number of amides is 1. The summed E-state index contributed by atoms with van der Waals surface area (Å²) in [5.74, 6) is -0.657. The van der Waals surface area contributed by atoms with Crippen molar-refractivity contribution in [2.24, 2.45) is 0 Å². The van der Waals surface area contributed by atoms with Crippen LogP contribution in [-0.4, -0.2) is 25.6 Å². The molecule has 100 valence electrons. The topological polar surface area (TPSA) is 76.1 Å². The van der Waals surface area contributed by atoms with E-state index in [1.807, 2.05) is 29.8 Å². The molecule has 1 N–H and O–H groups in total. The maximum atomic E-state index is 11.9. The molecule has 1 heterocycles. The van der Waals surface area contributed by atoms with E-state index in [-0.39, 0.29) is 5.56 Å². The number of sulfonamides is 1. The number of hydrogen-bond acceptors (Lipinski definition) is 4. The Bertz CT molecular complexity index is 767. The van der Waals surface area contributed by atoms with Crippen molar-refractivity contribution in [3.8, 4) is 0 Å². The van der Waals surface area contributed by atoms with Gasteiger partial charge in [0.25, 0.3) is 5.91 Å². The van der Waals surface area contributed by atoms with E-state index in [1.165, 1.54) is 0 Å². The Balaban J connectivity index is 2.54. The predicted molar refractivity (Wildman–Crippen MR) is 73.5 cm³/mol. The van der Waals surface area contributed by atoms with Gasteiger partial charge in [-0.05, 0) is 32.0 Å². The zero-order valence-electron chi connectivity index (χ0n) is 10.9. The van der Waals surface area contributed by atoms with Gasteiger partial charge in [-0.3, -0.25) is 9.78 Å². The van der Waals surface area contributed by atoms with Crippen LogP contribution in [0.15, 0.2) is 24.3 Å². The number of carbonyl (C=O) groups is 1. The van der Waals surface area contributed by atoms with Crippen LogP contribution in [0.3, 0.4) is 0 Å². The molecule has 0 saturated carbocycles. The summed E-state index contributed by atoms with van der Waals surface area (Å²) in [6.45, 7) is 3.62. The summed E-state index contributed by atoms with van der Waals surface area (Å²) in [7, 11) is -3.58. The van der Waals surface area contributed by atoms with Gasteiger partial charge in [0.15, 0.2) is 0 Å². The van der Waals surface area contributed by atoms with Crippen LogP contribution in [-0.2, 0) is 10.0 Å². The Hall–Kier alpha value is -1.95. The lowest BCUT2D eigenvalue weighted by atomic mass is 10.1. The molecule has 1 aromatic heterocycles. The highest BCUT2D eigenvalue weighted by atomic mass is 32.2. The summed E-state index contributed by atoms with van der Waals surface area (Å²) in [5.41, 5.74) is 2.59. The third-order valence-electron chi connectivity index (χ3n) is 2.68. The van der Waals surface area contributed by atoms with Gasteiger partial charge in [-0.2, -0.15) is 0 Å². The van der Waals surface area contributed by atoms with Crippen molar-refractivity contribution in [3.05, 3.63) is 41.1 Å². The molecular formula is C13H14N2O3S. The average molecular weight is 278 g/mol. The first-order valence-electron chi connectivity index (χ1n) is 5.66. The van der Waals surface area contributed by atoms with Crippen LogP contribution in [0.4, 0.5) is 0 Å². The summed E-state index contributed by atoms with van der Waals surface area (Å²) >= 11 is 0. The summed E-state index contributed by atoms with van der Waals surface area (Å²) in [5, 5.41) is 0.809. The number of benzene rings is 1. The molecule has 0 unspecified atom stereocenters. The highest BCUT2D eigenvalue weighted by Crippen LogP contribution is 2.18. The van der Waals surface area contributed by atoms with Crippen LogP contribution >= 0.6 is 0 Å². The standard InChI is InChI=1S/C13H14N2O3S/c1-8-4-5-12-10(6-8)7-11(9(2)14-12)13(16)15-19(3,17)18/h4-7H,1-3H3,(H,15,16). The van der Waals surface area contributed by atoms with E-state index in [4.69, 9.17) is 0 Å². The van der Waals surface area contributed by atoms with Gasteiger partial charge in [0.1, 0.15) is 0 Å². The van der Waals surface area contributed by atoms with Gasteiger partial charge in [0, 0.05) is 5.39 Å². The Kier molecular flexibility index (Phi) is 3.28. The van der Waals surface area contributed by atoms with Gasteiger partial charge in [-0.1, -0.05) is 11.6 Å². The molecule has 0 saturated heterocycles. The molecule has 0 aliphatic carbocycles. The Labute approximate surface area is 111 Å². The molecule has 19 heavy (non-hydrogen) atoms. The largest absolute Gasteiger partial charge is 0.268 e. The number of hydrogen-bond donors (Lipinski definition) is 1. The van der Waals surface area contributed by atoms with E-state index in [2.05, 4.69) is 4.98 Å². The maximum Gasteiger partial charge on any atom is 0.266 e. The minimum absolute atomic E-state index is 0.267. The molecule has 1 aromatic carbocycles. The summed E-state index contributed by atoms with van der Waals surface area (Å²) in [4.78, 5) is 16.2. The number of nitrogens with one attached hydrogen (secondary N) is 1. The van der Waals surface area contributed by atoms with E-state index in [0.29, 0.717) is 5.69 Å². The second-order valence-corrected chi connectivity index (χ2v) is 6.27. The molecular weight excluding hydrogens is 264 g/mol. The summed E-state index contributed by atoms with van der Waals surface area (Å²) in [6, 6.07) is 7.37. The fraction of sp³-hybridized carbons (Fsp3) is 0.231. The van der Waals surface area contributed by atoms with Crippen LogP contribution in [0, 0.1) is 13.8 Å². The van der Waals surface area contributed by atoms with E-state index >= 15 is 0 Å². The number of pyridine rings is 1. The lowest BCUT2D eigenvalue weighted by Gasteiger charge is -2.08. The Morgan fingerprint density at radius 3 is 2.53 bits per heavy atom. The zero-order chi connectivity index (χ0) is 14.2. The quantitative estimate of drug-likeness (QED) is 0.904. The van der Waals surface area contributed by atoms with Crippen LogP contribution in [0.5, 0.6) is 0 Å². The molecule has 5 nitrogen and oxygen atoms in total. The van der Waals surface area contributed by atoms with Gasteiger partial charge in [-0.15, -0.1) is 0 Å². The minimum atomic E-state index is -3.58. The Morgan fingerprint density at radius 2 is 1.89 bits per heavy atom. The van der Waals surface area contributed by atoms with E-state index in [9.17, 15) is 13.2 Å². The lowest BCUT2D eigenvalue weighted by Crippen LogP contribution is -2.30. The van der Waals surface area contributed by atoms with Crippen molar-refractivity contribution in [1.82, 2.24) is 9.71 Å². The third-order valence-corrected chi connectivity index (χ3v) is 3.24. The molecule has 0 spiro atoms. The van der Waals surface area contributed by atoms with Crippen molar-refractivity contribution in [3.63, 3.8) is 0 Å². The number of aryl methyl sites for hydroxylation is 2. The minimum Gasteiger partial charge on any atom is -0.268 e. The molecule has 0 radical (unpaired) electrons. The van der Waals surface area contributed by atoms with Gasteiger partial charge in [-0.25, -0.2) is 13.1 Å². The first-order chi connectivity index (χ1) is 8.76. The van der Waals surface area contributed by atoms with Crippen LogP contribution in [0.2, 0.25) is 0 Å². The summed E-state index contributed by atoms with van der Waals surface area (Å²) < 4.78 is 24.1. The first-order valence-corrected chi connectivity index (χ1v) is 7.55. The normalized spacial score (nSPS) is 11.5. The van der Waals surface area contributed by atoms with Gasteiger partial charge in [0.2, 0.25) is 10.0 Å². The predicted octanol–water partition coefficient (Wildman–Crippen LogP) is 1.54. The van der Waals surface area contributed by atoms with Crippen LogP contribution < -0.4 is 4.72 Å². The maximum absolute atomic E-state index is 11.9. The molecule has 2 rings (SSSR count). The van der Waals surface area contributed by atoms with Crippen molar-refractivity contribution in [2.45, 2.75) is 13.8 Å². The van der Waals surface area contributed by atoms with Crippen molar-refractivity contribution < 1.29 is 13.2 Å². The van der Waals surface area contributed by atoms with Gasteiger partial charge in [0.05, 0.1) is 23.0 Å². The smallest absolute Gasteiger partial charge is 0.266 e. The number of aromatic nitrogens is 1. The molecule has 0 fully saturated rings. The van der Waals surface area contributed by atoms with E-state index in [1.54, 1.807) is 13.0 Å². The fourth-order valence-electron chi connectivity index (χ4n) is 1.85. The van der Waals surface area contributed by atoms with Gasteiger partial charge < -0.3 is 0 Å². The Morgan fingerprint density at radius 1 is 1.21 bits per heavy atom. The molecule has 0 bridgehead atoms. The molecule has 0 aliphatic heterocycles. The molecule has 6 heteroatoms.